The topological polar surface area (TPSA) is 0 Å². The van der Waals surface area contributed by atoms with Crippen molar-refractivity contribution in [3.05, 3.63) is 63.2 Å². The summed E-state index contributed by atoms with van der Waals surface area (Å²) < 4.78 is 0.290. The zero-order valence-corrected chi connectivity index (χ0v) is 18.2. The van der Waals surface area contributed by atoms with Gasteiger partial charge in [0.05, 0.1) is 0 Å². The van der Waals surface area contributed by atoms with Crippen LogP contribution in [0.5, 0.6) is 0 Å². The molecule has 0 N–H and O–H groups in total. The van der Waals surface area contributed by atoms with E-state index in [2.05, 4.69) is 65.0 Å². The maximum absolute atomic E-state index is 6.52. The molecule has 2 aromatic rings. The Morgan fingerprint density at radius 3 is 2.22 bits per heavy atom. The third-order valence-electron chi connectivity index (χ3n) is 5.10. The van der Waals surface area contributed by atoms with E-state index in [1.54, 1.807) is 0 Å². The van der Waals surface area contributed by atoms with Gasteiger partial charge in [-0.1, -0.05) is 0 Å². The van der Waals surface area contributed by atoms with E-state index in [1.807, 2.05) is 0 Å². The molecule has 1 unspecified atom stereocenters. The minimum atomic E-state index is -2.42. The first-order valence-electron chi connectivity index (χ1n) is 7.89. The van der Waals surface area contributed by atoms with Gasteiger partial charge < -0.3 is 0 Å². The van der Waals surface area contributed by atoms with Crippen LogP contribution in [0.1, 0.15) is 43.9 Å². The van der Waals surface area contributed by atoms with Crippen LogP contribution in [0, 0.1) is 27.7 Å². The summed E-state index contributed by atoms with van der Waals surface area (Å²) >= 11 is -2.42. The number of halogens is 2. The van der Waals surface area contributed by atoms with E-state index in [0.717, 1.165) is 0 Å². The molecule has 0 nitrogen and oxygen atoms in total. The van der Waals surface area contributed by atoms with Crippen molar-refractivity contribution >= 4 is 23.1 Å². The molecular formula is C20H21Cl2Zr. The fourth-order valence-electron chi connectivity index (χ4n) is 3.72. The van der Waals surface area contributed by atoms with Gasteiger partial charge in [0.25, 0.3) is 0 Å². The van der Waals surface area contributed by atoms with E-state index in [1.165, 1.54) is 50.1 Å². The Morgan fingerprint density at radius 1 is 0.913 bits per heavy atom. The molecule has 2 aromatic carbocycles. The number of fused-ring (bicyclic) bond motifs is 1. The molecule has 0 spiro atoms. The maximum atomic E-state index is 6.52. The van der Waals surface area contributed by atoms with E-state index in [0.29, 0.717) is 3.63 Å². The number of hydrogen-bond acceptors (Lipinski definition) is 0. The van der Waals surface area contributed by atoms with Crippen molar-refractivity contribution in [1.29, 1.82) is 0 Å². The fourth-order valence-corrected chi connectivity index (χ4v) is 9.55. The van der Waals surface area contributed by atoms with Crippen LogP contribution in [-0.2, 0) is 19.4 Å². The van der Waals surface area contributed by atoms with Crippen LogP contribution >= 0.6 is 17.0 Å². The van der Waals surface area contributed by atoms with Crippen molar-refractivity contribution in [1.82, 2.24) is 0 Å². The molecule has 0 saturated carbocycles. The van der Waals surface area contributed by atoms with Gasteiger partial charge >= 0.3 is 155 Å². The number of rotatable bonds is 2. The zero-order chi connectivity index (χ0) is 16.9. The molecule has 23 heavy (non-hydrogen) atoms. The predicted molar refractivity (Wildman–Crippen MR) is 98.9 cm³/mol. The van der Waals surface area contributed by atoms with Gasteiger partial charge in [-0.15, -0.1) is 0 Å². The van der Waals surface area contributed by atoms with E-state index in [-0.39, 0.29) is 0 Å². The van der Waals surface area contributed by atoms with Crippen LogP contribution in [-0.4, -0.2) is 0 Å². The average Bonchev–Trinajstić information content (AvgIpc) is 2.82. The molecule has 0 radical (unpaired) electrons. The molecule has 3 rings (SSSR count). The summed E-state index contributed by atoms with van der Waals surface area (Å²) in [5.41, 5.74) is 12.1. The Labute approximate surface area is 154 Å². The Kier molecular flexibility index (Phi) is 4.94. The fraction of sp³-hybridized carbons (Fsp3) is 0.300. The van der Waals surface area contributed by atoms with Gasteiger partial charge in [0.2, 0.25) is 0 Å². The normalized spacial score (nSPS) is 16.3. The van der Waals surface area contributed by atoms with Crippen molar-refractivity contribution in [2.75, 3.05) is 0 Å². The molecule has 0 amide bonds. The van der Waals surface area contributed by atoms with Gasteiger partial charge in [-0.25, -0.2) is 0 Å². The third-order valence-corrected chi connectivity index (χ3v) is 10.6. The summed E-state index contributed by atoms with van der Waals surface area (Å²) in [6.07, 6.45) is 2.32. The van der Waals surface area contributed by atoms with Crippen molar-refractivity contribution in [3.8, 4) is 11.1 Å². The Bertz CT molecular complexity index is 819. The van der Waals surface area contributed by atoms with Crippen LogP contribution in [0.2, 0.25) is 0 Å². The molecule has 119 valence electrons. The van der Waals surface area contributed by atoms with Gasteiger partial charge in [0.15, 0.2) is 0 Å². The van der Waals surface area contributed by atoms with Crippen LogP contribution in [0.15, 0.2) is 29.8 Å². The minimum absolute atomic E-state index is 0.290. The van der Waals surface area contributed by atoms with Gasteiger partial charge in [0.1, 0.15) is 0 Å². The Balaban J connectivity index is 2.37. The number of allylic oxidation sites excluding steroid dienone is 1. The molecule has 0 aliphatic heterocycles. The molecule has 0 fully saturated rings. The molecule has 1 aliphatic carbocycles. The number of hydrogen-bond donors (Lipinski definition) is 0. The summed E-state index contributed by atoms with van der Waals surface area (Å²) in [5.74, 6) is 0. The van der Waals surface area contributed by atoms with E-state index in [4.69, 9.17) is 17.0 Å². The summed E-state index contributed by atoms with van der Waals surface area (Å²) in [6.45, 7) is 11.0. The van der Waals surface area contributed by atoms with Crippen LogP contribution in [0.3, 0.4) is 0 Å². The second-order valence-corrected chi connectivity index (χ2v) is 15.4. The Hall–Kier alpha value is -0.357. The Morgan fingerprint density at radius 2 is 1.61 bits per heavy atom. The quantitative estimate of drug-likeness (QED) is 0.489. The SMILES string of the molecule is CC1=Cc2c(-c3cccc(C)c3)c(C)c(C)c(C)c2[CH]1[Zr]([Cl])[Cl]. The first kappa shape index (κ1) is 17.5. The molecule has 1 atom stereocenters. The average molecular weight is 424 g/mol. The summed E-state index contributed by atoms with van der Waals surface area (Å²) in [6, 6.07) is 8.77. The zero-order valence-electron chi connectivity index (χ0n) is 14.2. The van der Waals surface area contributed by atoms with Crippen LogP contribution in [0.25, 0.3) is 17.2 Å². The third kappa shape index (κ3) is 2.90. The van der Waals surface area contributed by atoms with E-state index < -0.39 is 19.4 Å². The molecular weight excluding hydrogens is 402 g/mol. The molecule has 0 bridgehead atoms. The number of benzene rings is 2. The van der Waals surface area contributed by atoms with E-state index >= 15 is 0 Å². The van der Waals surface area contributed by atoms with Gasteiger partial charge in [-0.05, 0) is 0 Å². The van der Waals surface area contributed by atoms with Gasteiger partial charge in [-0.2, -0.15) is 0 Å². The molecule has 0 heterocycles. The molecule has 3 heteroatoms. The second-order valence-electron chi connectivity index (χ2n) is 6.56. The molecule has 1 aliphatic rings. The van der Waals surface area contributed by atoms with Gasteiger partial charge in [0, 0.05) is 0 Å². The van der Waals surface area contributed by atoms with Gasteiger partial charge in [-0.3, -0.25) is 0 Å². The van der Waals surface area contributed by atoms with Crippen molar-refractivity contribution in [2.45, 2.75) is 38.2 Å². The summed E-state index contributed by atoms with van der Waals surface area (Å²) in [7, 11) is 13.0. The molecule has 0 aromatic heterocycles. The summed E-state index contributed by atoms with van der Waals surface area (Å²) in [5, 5.41) is 0. The van der Waals surface area contributed by atoms with Crippen molar-refractivity contribution < 1.29 is 19.4 Å². The number of aryl methyl sites for hydroxylation is 1. The standard InChI is InChI=1S/C20H21.2ClH.Zr/c1-12-7-6-8-17(9-12)20-16(5)14(3)15(4)18-10-13(2)11-19(18)20;;;/h6-11H,1-5H3;2*1H;/q;;;+2/p-2. The monoisotopic (exact) mass is 421 g/mol. The van der Waals surface area contributed by atoms with E-state index in [9.17, 15) is 0 Å². The van der Waals surface area contributed by atoms with Crippen molar-refractivity contribution in [2.24, 2.45) is 0 Å². The second kappa shape index (κ2) is 6.51. The van der Waals surface area contributed by atoms with Crippen molar-refractivity contribution in [3.63, 3.8) is 0 Å². The predicted octanol–water partition coefficient (Wildman–Crippen LogP) is 6.97. The summed E-state index contributed by atoms with van der Waals surface area (Å²) in [4.78, 5) is 0. The van der Waals surface area contributed by atoms with Crippen LogP contribution < -0.4 is 0 Å². The molecule has 0 saturated heterocycles. The first-order chi connectivity index (χ1) is 10.8. The first-order valence-corrected chi connectivity index (χ1v) is 15.6. The van der Waals surface area contributed by atoms with Crippen LogP contribution in [0.4, 0.5) is 0 Å².